The Hall–Kier alpha value is -2.94. The van der Waals surface area contributed by atoms with Gasteiger partial charge in [-0.1, -0.05) is 24.3 Å². The van der Waals surface area contributed by atoms with Crippen LogP contribution < -0.4 is 16.0 Å². The summed E-state index contributed by atoms with van der Waals surface area (Å²) in [5.41, 5.74) is 9.67. The fourth-order valence-electron chi connectivity index (χ4n) is 3.23. The molecule has 1 aliphatic heterocycles. The molecule has 1 unspecified atom stereocenters. The maximum Gasteiger partial charge on any atom is 0.243 e. The average molecular weight is 413 g/mol. The topological polar surface area (TPSA) is 114 Å². The molecular formula is C22H27N3O5. The van der Waals surface area contributed by atoms with Gasteiger partial charge in [-0.15, -0.1) is 0 Å². The van der Waals surface area contributed by atoms with Crippen molar-refractivity contribution in [2.45, 2.75) is 25.3 Å². The third-order valence-corrected chi connectivity index (χ3v) is 4.94. The largest absolute Gasteiger partial charge is 0.457 e. The number of ether oxygens (including phenoxy) is 2. The van der Waals surface area contributed by atoms with Crippen molar-refractivity contribution in [1.82, 2.24) is 10.4 Å². The fraction of sp³-hybridized carbons (Fsp3) is 0.364. The second kappa shape index (κ2) is 10.7. The molecule has 0 spiro atoms. The number of hydrogen-bond acceptors (Lipinski definition) is 6. The van der Waals surface area contributed by atoms with E-state index in [-0.39, 0.29) is 12.3 Å². The van der Waals surface area contributed by atoms with Gasteiger partial charge in [0.05, 0.1) is 19.3 Å². The van der Waals surface area contributed by atoms with E-state index in [1.807, 2.05) is 48.5 Å². The molecule has 0 aliphatic carbocycles. The highest BCUT2D eigenvalue weighted by Crippen LogP contribution is 2.23. The number of carbonyl (C=O) groups is 2. The molecule has 30 heavy (non-hydrogen) atoms. The molecule has 8 heteroatoms. The van der Waals surface area contributed by atoms with Gasteiger partial charge >= 0.3 is 0 Å². The number of benzene rings is 2. The molecule has 0 aromatic heterocycles. The first-order valence-electron chi connectivity index (χ1n) is 9.96. The van der Waals surface area contributed by atoms with E-state index in [2.05, 4.69) is 0 Å². The van der Waals surface area contributed by atoms with E-state index in [0.717, 1.165) is 11.1 Å². The summed E-state index contributed by atoms with van der Waals surface area (Å²) in [6.45, 7) is 2.30. The molecule has 1 saturated heterocycles. The average Bonchev–Trinajstić information content (AvgIpc) is 2.79. The first-order valence-corrected chi connectivity index (χ1v) is 9.96. The second-order valence-electron chi connectivity index (χ2n) is 7.17. The number of hydrogen-bond donors (Lipinski definition) is 3. The summed E-state index contributed by atoms with van der Waals surface area (Å²) in [6, 6.07) is 14.4. The minimum atomic E-state index is -0.574. The third-order valence-electron chi connectivity index (χ3n) is 4.94. The Morgan fingerprint density at radius 2 is 1.60 bits per heavy atom. The van der Waals surface area contributed by atoms with Gasteiger partial charge in [0.15, 0.2) is 0 Å². The molecule has 2 amide bonds. The number of aryl methyl sites for hydroxylation is 1. The number of morpholine rings is 1. The molecule has 2 aromatic carbocycles. The normalized spacial score (nSPS) is 14.8. The minimum absolute atomic E-state index is 0.0461. The van der Waals surface area contributed by atoms with E-state index < -0.39 is 11.9 Å². The maximum atomic E-state index is 12.4. The monoisotopic (exact) mass is 413 g/mol. The zero-order valence-corrected chi connectivity index (χ0v) is 16.8. The first-order chi connectivity index (χ1) is 14.5. The summed E-state index contributed by atoms with van der Waals surface area (Å²) in [7, 11) is 0. The molecule has 2 aromatic rings. The Morgan fingerprint density at radius 1 is 1.03 bits per heavy atom. The van der Waals surface area contributed by atoms with Gasteiger partial charge in [-0.25, -0.2) is 5.48 Å². The van der Waals surface area contributed by atoms with Gasteiger partial charge in [0.25, 0.3) is 0 Å². The lowest BCUT2D eigenvalue weighted by Crippen LogP contribution is -2.49. The van der Waals surface area contributed by atoms with E-state index >= 15 is 0 Å². The Balaban J connectivity index is 1.50. The minimum Gasteiger partial charge on any atom is -0.457 e. The number of nitrogens with one attached hydrogen (secondary N) is 1. The lowest BCUT2D eigenvalue weighted by molar-refractivity contribution is -0.136. The van der Waals surface area contributed by atoms with E-state index in [4.69, 9.17) is 20.4 Å². The number of amides is 2. The van der Waals surface area contributed by atoms with Crippen molar-refractivity contribution in [2.75, 3.05) is 26.3 Å². The Labute approximate surface area is 175 Å². The van der Waals surface area contributed by atoms with Gasteiger partial charge in [0, 0.05) is 19.5 Å². The van der Waals surface area contributed by atoms with Crippen molar-refractivity contribution < 1.29 is 24.3 Å². The van der Waals surface area contributed by atoms with Crippen molar-refractivity contribution in [3.63, 3.8) is 0 Å². The van der Waals surface area contributed by atoms with Crippen molar-refractivity contribution >= 4 is 11.8 Å². The molecule has 4 N–H and O–H groups in total. The summed E-state index contributed by atoms with van der Waals surface area (Å²) in [6.07, 6.45) is 1.21. The summed E-state index contributed by atoms with van der Waals surface area (Å²) >= 11 is 0. The molecule has 1 fully saturated rings. The molecule has 1 aliphatic rings. The summed E-state index contributed by atoms with van der Waals surface area (Å²) in [5.74, 6) is 0.897. The van der Waals surface area contributed by atoms with Gasteiger partial charge in [0.2, 0.25) is 11.8 Å². The van der Waals surface area contributed by atoms with Gasteiger partial charge in [0.1, 0.15) is 11.5 Å². The smallest absolute Gasteiger partial charge is 0.243 e. The van der Waals surface area contributed by atoms with Crippen molar-refractivity contribution in [2.24, 2.45) is 5.73 Å². The highest BCUT2D eigenvalue weighted by Gasteiger charge is 2.22. The Morgan fingerprint density at radius 3 is 2.17 bits per heavy atom. The van der Waals surface area contributed by atoms with Gasteiger partial charge < -0.3 is 20.1 Å². The van der Waals surface area contributed by atoms with Crippen LogP contribution in [0.5, 0.6) is 11.5 Å². The predicted octanol–water partition coefficient (Wildman–Crippen LogP) is 1.65. The van der Waals surface area contributed by atoms with Gasteiger partial charge in [-0.2, -0.15) is 0 Å². The van der Waals surface area contributed by atoms with Crippen LogP contribution in [0.25, 0.3) is 0 Å². The lowest BCUT2D eigenvalue weighted by Gasteiger charge is -2.29. The van der Waals surface area contributed by atoms with Crippen molar-refractivity contribution in [1.29, 1.82) is 0 Å². The van der Waals surface area contributed by atoms with E-state index in [1.54, 1.807) is 10.4 Å². The first kappa shape index (κ1) is 21.8. The van der Waals surface area contributed by atoms with E-state index in [1.165, 1.54) is 0 Å². The van der Waals surface area contributed by atoms with Crippen molar-refractivity contribution in [3.8, 4) is 11.5 Å². The third kappa shape index (κ3) is 6.28. The van der Waals surface area contributed by atoms with Gasteiger partial charge in [-0.05, 0) is 48.2 Å². The highest BCUT2D eigenvalue weighted by atomic mass is 16.5. The van der Waals surface area contributed by atoms with Crippen LogP contribution in [0.1, 0.15) is 17.5 Å². The van der Waals surface area contributed by atoms with Crippen LogP contribution in [0.4, 0.5) is 0 Å². The molecular weight excluding hydrogens is 386 g/mol. The zero-order chi connectivity index (χ0) is 21.3. The Kier molecular flexibility index (Phi) is 7.78. The quantitative estimate of drug-likeness (QED) is 0.448. The van der Waals surface area contributed by atoms with Crippen LogP contribution in [0.2, 0.25) is 0 Å². The standard InChI is InChI=1S/C22H27N3O5/c23-20(22(27)25-11-13-29-14-12-25)15-17-3-8-19(9-4-17)30-18-6-1-16(2-7-18)5-10-21(26)24-28/h1-4,6-9,20,28H,5,10-15,23H2,(H,24,26). The molecule has 160 valence electrons. The molecule has 1 atom stereocenters. The molecule has 1 heterocycles. The van der Waals surface area contributed by atoms with Crippen LogP contribution in [0.3, 0.4) is 0 Å². The number of nitrogens with zero attached hydrogens (tertiary/aromatic N) is 1. The van der Waals surface area contributed by atoms with Crippen LogP contribution in [-0.4, -0.2) is 54.3 Å². The fourth-order valence-corrected chi connectivity index (χ4v) is 3.23. The van der Waals surface area contributed by atoms with E-state index in [9.17, 15) is 9.59 Å². The summed E-state index contributed by atoms with van der Waals surface area (Å²) in [5, 5.41) is 8.53. The molecule has 0 saturated carbocycles. The van der Waals surface area contributed by atoms with Crippen LogP contribution in [0, 0.1) is 0 Å². The predicted molar refractivity (Wildman–Crippen MR) is 110 cm³/mol. The molecule has 0 bridgehead atoms. The summed E-state index contributed by atoms with van der Waals surface area (Å²) < 4.78 is 11.1. The molecule has 8 nitrogen and oxygen atoms in total. The summed E-state index contributed by atoms with van der Waals surface area (Å²) in [4.78, 5) is 25.3. The number of nitrogens with two attached hydrogens (primary N) is 1. The maximum absolute atomic E-state index is 12.4. The second-order valence-corrected chi connectivity index (χ2v) is 7.17. The van der Waals surface area contributed by atoms with Crippen LogP contribution in [-0.2, 0) is 27.2 Å². The van der Waals surface area contributed by atoms with Crippen LogP contribution in [0.15, 0.2) is 48.5 Å². The lowest BCUT2D eigenvalue weighted by atomic mass is 10.1. The van der Waals surface area contributed by atoms with Crippen molar-refractivity contribution in [3.05, 3.63) is 59.7 Å². The Bertz CT molecular complexity index is 833. The molecule has 0 radical (unpaired) electrons. The molecule has 3 rings (SSSR count). The highest BCUT2D eigenvalue weighted by molar-refractivity contribution is 5.82. The van der Waals surface area contributed by atoms with Gasteiger partial charge in [-0.3, -0.25) is 14.8 Å². The number of carbonyl (C=O) groups excluding carboxylic acids is 2. The zero-order valence-electron chi connectivity index (χ0n) is 16.8. The number of rotatable bonds is 8. The number of hydroxylamine groups is 1. The van der Waals surface area contributed by atoms with Crippen LogP contribution >= 0.6 is 0 Å². The van der Waals surface area contributed by atoms with E-state index in [0.29, 0.717) is 50.6 Å². The SMILES string of the molecule is NC(Cc1ccc(Oc2ccc(CCC(=O)NO)cc2)cc1)C(=O)N1CCOCC1.